The third-order valence-corrected chi connectivity index (χ3v) is 11.9. The Morgan fingerprint density at radius 1 is 0.944 bits per heavy atom. The number of rotatable bonds is 10. The van der Waals surface area contributed by atoms with Crippen LogP contribution < -0.4 is 15.0 Å². The van der Waals surface area contributed by atoms with Crippen molar-refractivity contribution in [1.29, 1.82) is 0 Å². The Bertz CT molecular complexity index is 2300. The van der Waals surface area contributed by atoms with Crippen molar-refractivity contribution < 1.29 is 19.4 Å². The number of carbonyl (C=O) groups excluding carboxylic acids is 1. The fourth-order valence-electron chi connectivity index (χ4n) is 7.85. The van der Waals surface area contributed by atoms with Gasteiger partial charge in [-0.2, -0.15) is 0 Å². The highest BCUT2D eigenvalue weighted by Gasteiger charge is 2.41. The number of pyridine rings is 1. The number of thiazole rings is 1. The predicted octanol–water partition coefficient (Wildman–Crippen LogP) is 5.38. The lowest BCUT2D eigenvalue weighted by Gasteiger charge is -2.43. The molecule has 0 aliphatic carbocycles. The summed E-state index contributed by atoms with van der Waals surface area (Å²) in [7, 11) is 3.22. The number of hydrogen-bond donors (Lipinski definition) is 1. The van der Waals surface area contributed by atoms with Crippen LogP contribution in [-0.2, 0) is 17.9 Å². The lowest BCUT2D eigenvalue weighted by molar-refractivity contribution is -0.142. The molecular weight excluding hydrogens is 703 g/mol. The van der Waals surface area contributed by atoms with Crippen molar-refractivity contribution in [2.45, 2.75) is 43.9 Å². The number of aromatic nitrogens is 5. The van der Waals surface area contributed by atoms with Crippen LogP contribution in [-0.4, -0.2) is 90.9 Å². The zero-order chi connectivity index (χ0) is 37.2. The molecule has 2 aliphatic rings. The monoisotopic (exact) mass is 745 g/mol. The molecule has 8 rings (SSSR count). The SMILES string of the molecule is COc1cccc(-n2ccc3c(=O)n(CC4(O)CCN(C(=O)[C@@H]5CCN(Cc6cnc(-c7ccc(OC)nc7)s6)C[C@H]5c5ccccc5)CC4)cnc32)c1. The second-order valence-corrected chi connectivity index (χ2v) is 15.3. The molecule has 0 unspecified atom stereocenters. The van der Waals surface area contributed by atoms with Crippen LogP contribution in [0, 0.1) is 5.92 Å². The number of amides is 1. The molecule has 0 bridgehead atoms. The first kappa shape index (κ1) is 35.6. The molecule has 2 fully saturated rings. The Kier molecular flexibility index (Phi) is 10.0. The summed E-state index contributed by atoms with van der Waals surface area (Å²) in [6.07, 6.45) is 8.55. The largest absolute Gasteiger partial charge is 0.497 e. The number of ether oxygens (including phenoxy) is 2. The molecule has 1 N–H and O–H groups in total. The van der Waals surface area contributed by atoms with Gasteiger partial charge in [-0.25, -0.2) is 15.0 Å². The second-order valence-electron chi connectivity index (χ2n) is 14.2. The highest BCUT2D eigenvalue weighted by atomic mass is 32.1. The van der Waals surface area contributed by atoms with E-state index in [1.165, 1.54) is 10.9 Å². The van der Waals surface area contributed by atoms with Gasteiger partial charge >= 0.3 is 0 Å². The van der Waals surface area contributed by atoms with E-state index in [2.05, 4.69) is 32.0 Å². The van der Waals surface area contributed by atoms with Gasteiger partial charge in [0.25, 0.3) is 5.56 Å². The van der Waals surface area contributed by atoms with E-state index in [4.69, 9.17) is 9.47 Å². The molecule has 6 heterocycles. The molecule has 12 nitrogen and oxygen atoms in total. The smallest absolute Gasteiger partial charge is 0.262 e. The van der Waals surface area contributed by atoms with Crippen LogP contribution >= 0.6 is 11.3 Å². The van der Waals surface area contributed by atoms with Gasteiger partial charge in [-0.3, -0.25) is 19.1 Å². The minimum atomic E-state index is -1.14. The number of hydrogen-bond acceptors (Lipinski definition) is 10. The Hall–Kier alpha value is -5.37. The van der Waals surface area contributed by atoms with Crippen molar-refractivity contribution >= 4 is 28.3 Å². The number of methoxy groups -OCH3 is 2. The highest BCUT2D eigenvalue weighted by Crippen LogP contribution is 2.37. The molecule has 6 aromatic rings. The van der Waals surface area contributed by atoms with Gasteiger partial charge in [-0.15, -0.1) is 11.3 Å². The topological polar surface area (TPSA) is 128 Å². The van der Waals surface area contributed by atoms with Crippen molar-refractivity contribution in [2.24, 2.45) is 5.92 Å². The van der Waals surface area contributed by atoms with Crippen LogP contribution in [0.1, 0.15) is 35.6 Å². The number of likely N-dealkylation sites (tertiary alicyclic amines) is 2. The van der Waals surface area contributed by atoms with E-state index in [-0.39, 0.29) is 29.8 Å². The summed E-state index contributed by atoms with van der Waals surface area (Å²) in [6.45, 7) is 3.28. The molecule has 2 saturated heterocycles. The number of benzene rings is 2. The molecule has 4 aromatic heterocycles. The normalized spacial score (nSPS) is 18.8. The third-order valence-electron chi connectivity index (χ3n) is 10.8. The number of aliphatic hydroxyl groups is 1. The van der Waals surface area contributed by atoms with E-state index >= 15 is 0 Å². The van der Waals surface area contributed by atoms with E-state index in [0.717, 1.165) is 52.8 Å². The third kappa shape index (κ3) is 7.26. The van der Waals surface area contributed by atoms with Crippen LogP contribution in [0.3, 0.4) is 0 Å². The van der Waals surface area contributed by atoms with E-state index in [1.807, 2.05) is 76.5 Å². The molecule has 278 valence electrons. The van der Waals surface area contributed by atoms with Gasteiger partial charge in [0.15, 0.2) is 5.65 Å². The molecule has 0 radical (unpaired) electrons. The molecule has 1 amide bonds. The standard InChI is InChI=1S/C41H43N7O5S/c1-52-31-10-6-9-30(21-31)48-18-14-34-37(48)44-27-47(40(34)50)26-41(51)15-19-46(20-16-41)39(49)33-13-17-45(25-35(33)28-7-4-3-5-8-28)24-32-23-43-38(54-32)29-11-12-36(53-2)42-22-29/h3-12,14,18,21-23,27,33,35,51H,13,15-17,19-20,24-26H2,1-2H3/t33-,35+/m1/s1. The van der Waals surface area contributed by atoms with E-state index in [0.29, 0.717) is 48.6 Å². The van der Waals surface area contributed by atoms with Crippen LogP contribution in [0.5, 0.6) is 11.6 Å². The summed E-state index contributed by atoms with van der Waals surface area (Å²) < 4.78 is 13.9. The first-order valence-electron chi connectivity index (χ1n) is 18.3. The van der Waals surface area contributed by atoms with Gasteiger partial charge in [-0.05, 0) is 55.6 Å². The second kappa shape index (κ2) is 15.2. The zero-order valence-electron chi connectivity index (χ0n) is 30.4. The van der Waals surface area contributed by atoms with Crippen LogP contribution in [0.4, 0.5) is 0 Å². The van der Waals surface area contributed by atoms with Crippen molar-refractivity contribution in [3.05, 3.63) is 119 Å². The summed E-state index contributed by atoms with van der Waals surface area (Å²) in [4.78, 5) is 47.0. The van der Waals surface area contributed by atoms with Crippen molar-refractivity contribution in [2.75, 3.05) is 40.4 Å². The predicted molar refractivity (Wildman–Crippen MR) is 207 cm³/mol. The van der Waals surface area contributed by atoms with E-state index in [1.54, 1.807) is 37.8 Å². The molecule has 54 heavy (non-hydrogen) atoms. The minimum absolute atomic E-state index is 0.0344. The summed E-state index contributed by atoms with van der Waals surface area (Å²) in [5.41, 5.74) is 2.14. The first-order valence-corrected chi connectivity index (χ1v) is 19.1. The zero-order valence-corrected chi connectivity index (χ0v) is 31.2. The quantitative estimate of drug-likeness (QED) is 0.197. The maximum absolute atomic E-state index is 14.3. The lowest BCUT2D eigenvalue weighted by Crippen LogP contribution is -2.53. The Balaban J connectivity index is 0.923. The lowest BCUT2D eigenvalue weighted by atomic mass is 9.79. The maximum atomic E-state index is 14.3. The van der Waals surface area contributed by atoms with Crippen LogP contribution in [0.25, 0.3) is 27.3 Å². The van der Waals surface area contributed by atoms with Gasteiger partial charge < -0.3 is 24.0 Å². The van der Waals surface area contributed by atoms with Crippen molar-refractivity contribution in [3.63, 3.8) is 0 Å². The summed E-state index contributed by atoms with van der Waals surface area (Å²) in [5, 5.41) is 13.1. The van der Waals surface area contributed by atoms with Crippen LogP contribution in [0.15, 0.2) is 103 Å². The molecule has 0 saturated carbocycles. The Morgan fingerprint density at radius 2 is 1.78 bits per heavy atom. The molecule has 2 aromatic carbocycles. The molecule has 2 aliphatic heterocycles. The average Bonchev–Trinajstić information content (AvgIpc) is 3.87. The van der Waals surface area contributed by atoms with Crippen molar-refractivity contribution in [3.8, 4) is 27.9 Å². The van der Waals surface area contributed by atoms with E-state index in [9.17, 15) is 14.7 Å². The highest BCUT2D eigenvalue weighted by molar-refractivity contribution is 7.15. The van der Waals surface area contributed by atoms with Gasteiger partial charge in [0.1, 0.15) is 17.1 Å². The fraction of sp³-hybridized carbons (Fsp3) is 0.341. The van der Waals surface area contributed by atoms with Gasteiger partial charge in [0.05, 0.1) is 37.4 Å². The molecule has 13 heteroatoms. The average molecular weight is 746 g/mol. The summed E-state index contributed by atoms with van der Waals surface area (Å²) in [6, 6.07) is 23.5. The van der Waals surface area contributed by atoms with Crippen molar-refractivity contribution in [1.82, 2.24) is 33.9 Å². The Morgan fingerprint density at radius 3 is 2.54 bits per heavy atom. The molecule has 0 spiro atoms. The number of carbonyl (C=O) groups is 1. The summed E-state index contributed by atoms with van der Waals surface area (Å²) in [5.74, 6) is 1.28. The first-order chi connectivity index (χ1) is 26.3. The fourth-order valence-corrected chi connectivity index (χ4v) is 8.79. The molecular formula is C41H43N7O5S. The van der Waals surface area contributed by atoms with Crippen LogP contribution in [0.2, 0.25) is 0 Å². The number of nitrogens with zero attached hydrogens (tertiary/aromatic N) is 7. The van der Waals surface area contributed by atoms with Gasteiger partial charge in [0.2, 0.25) is 11.8 Å². The molecule has 2 atom stereocenters. The number of piperidine rings is 2. The summed E-state index contributed by atoms with van der Waals surface area (Å²) >= 11 is 1.66. The van der Waals surface area contributed by atoms with Gasteiger partial charge in [-0.1, -0.05) is 36.4 Å². The maximum Gasteiger partial charge on any atom is 0.262 e. The van der Waals surface area contributed by atoms with E-state index < -0.39 is 5.60 Å². The number of fused-ring (bicyclic) bond motifs is 1. The minimum Gasteiger partial charge on any atom is -0.497 e. The Labute approximate surface area is 317 Å². The van der Waals surface area contributed by atoms with Gasteiger partial charge in [0, 0.05) is 79.2 Å².